The topological polar surface area (TPSA) is 52.3 Å². The van der Waals surface area contributed by atoms with Gasteiger partial charge in [0.2, 0.25) is 0 Å². The predicted molar refractivity (Wildman–Crippen MR) is 73.0 cm³/mol. The van der Waals surface area contributed by atoms with Crippen LogP contribution in [0.2, 0.25) is 5.02 Å². The summed E-state index contributed by atoms with van der Waals surface area (Å²) < 4.78 is 5.53. The van der Waals surface area contributed by atoms with Crippen molar-refractivity contribution in [3.8, 4) is 0 Å². The van der Waals surface area contributed by atoms with Crippen molar-refractivity contribution < 1.29 is 9.53 Å². The van der Waals surface area contributed by atoms with Crippen molar-refractivity contribution >= 4 is 23.1 Å². The van der Waals surface area contributed by atoms with Crippen molar-refractivity contribution in [2.45, 2.75) is 38.2 Å². The average molecular weight is 268 g/mol. The summed E-state index contributed by atoms with van der Waals surface area (Å²) in [7, 11) is 0. The van der Waals surface area contributed by atoms with Crippen molar-refractivity contribution in [1.82, 2.24) is 0 Å². The molecule has 1 saturated heterocycles. The normalized spacial score (nSPS) is 19.1. The van der Waals surface area contributed by atoms with E-state index in [0.717, 1.165) is 32.3 Å². The Balaban J connectivity index is 1.83. The van der Waals surface area contributed by atoms with Crippen LogP contribution in [-0.2, 0) is 4.74 Å². The molecule has 0 spiro atoms. The average Bonchev–Trinajstić information content (AvgIpc) is 2.81. The van der Waals surface area contributed by atoms with Gasteiger partial charge in [0, 0.05) is 29.3 Å². The molecule has 1 aromatic rings. The molecule has 1 fully saturated rings. The van der Waals surface area contributed by atoms with Crippen LogP contribution in [-0.4, -0.2) is 18.5 Å². The van der Waals surface area contributed by atoms with Crippen LogP contribution in [0.5, 0.6) is 0 Å². The summed E-state index contributed by atoms with van der Waals surface area (Å²) in [5.74, 6) is 0.0853. The van der Waals surface area contributed by atoms with Crippen LogP contribution in [0, 0.1) is 0 Å². The molecule has 0 bridgehead atoms. The number of nitrogen functional groups attached to an aromatic ring is 1. The van der Waals surface area contributed by atoms with Gasteiger partial charge in [-0.05, 0) is 43.9 Å². The number of Topliss-reactive ketones (excluding diaryl/α,β-unsaturated/α-hetero) is 1. The number of carbonyl (C=O) groups is 1. The van der Waals surface area contributed by atoms with Crippen molar-refractivity contribution in [3.05, 3.63) is 28.8 Å². The van der Waals surface area contributed by atoms with Gasteiger partial charge in [-0.2, -0.15) is 0 Å². The van der Waals surface area contributed by atoms with Gasteiger partial charge in [-0.15, -0.1) is 0 Å². The number of hydrogen-bond donors (Lipinski definition) is 1. The fraction of sp³-hybridized carbons (Fsp3) is 0.500. The molecule has 3 nitrogen and oxygen atoms in total. The summed E-state index contributed by atoms with van der Waals surface area (Å²) in [4.78, 5) is 12.0. The zero-order chi connectivity index (χ0) is 13.0. The third-order valence-corrected chi connectivity index (χ3v) is 3.50. The van der Waals surface area contributed by atoms with Crippen LogP contribution < -0.4 is 5.73 Å². The van der Waals surface area contributed by atoms with Gasteiger partial charge in [0.1, 0.15) is 0 Å². The molecular formula is C14H18ClNO2. The van der Waals surface area contributed by atoms with Crippen molar-refractivity contribution in [3.63, 3.8) is 0 Å². The van der Waals surface area contributed by atoms with Gasteiger partial charge < -0.3 is 10.5 Å². The Morgan fingerprint density at radius 3 is 3.00 bits per heavy atom. The lowest BCUT2D eigenvalue weighted by atomic mass is 10.0. The summed E-state index contributed by atoms with van der Waals surface area (Å²) in [5, 5.41) is 0.559. The second kappa shape index (κ2) is 6.21. The van der Waals surface area contributed by atoms with Gasteiger partial charge in [0.15, 0.2) is 5.78 Å². The molecule has 0 aliphatic carbocycles. The van der Waals surface area contributed by atoms with Crippen molar-refractivity contribution in [2.75, 3.05) is 12.3 Å². The van der Waals surface area contributed by atoms with Crippen LogP contribution >= 0.6 is 11.6 Å². The van der Waals surface area contributed by atoms with Gasteiger partial charge in [-0.1, -0.05) is 11.6 Å². The molecule has 0 radical (unpaired) electrons. The molecule has 2 N–H and O–H groups in total. The number of hydrogen-bond acceptors (Lipinski definition) is 3. The monoisotopic (exact) mass is 267 g/mol. The lowest BCUT2D eigenvalue weighted by molar-refractivity contribution is 0.0923. The first-order valence-electron chi connectivity index (χ1n) is 6.36. The first kappa shape index (κ1) is 13.4. The number of ketones is 1. The Kier molecular flexibility index (Phi) is 4.61. The van der Waals surface area contributed by atoms with Gasteiger partial charge in [-0.25, -0.2) is 0 Å². The molecule has 2 rings (SSSR count). The SMILES string of the molecule is Nc1cc(Cl)ccc1C(=O)CCCC1CCCO1. The zero-order valence-electron chi connectivity index (χ0n) is 10.3. The van der Waals surface area contributed by atoms with Crippen molar-refractivity contribution in [1.29, 1.82) is 0 Å². The van der Waals surface area contributed by atoms with Crippen LogP contribution in [0.1, 0.15) is 42.5 Å². The molecule has 18 heavy (non-hydrogen) atoms. The smallest absolute Gasteiger partial charge is 0.164 e. The number of ether oxygens (including phenoxy) is 1. The van der Waals surface area contributed by atoms with Crippen LogP contribution in [0.15, 0.2) is 18.2 Å². The number of halogens is 1. The summed E-state index contributed by atoms with van der Waals surface area (Å²) in [5.41, 5.74) is 6.82. The Morgan fingerprint density at radius 2 is 2.33 bits per heavy atom. The standard InChI is InChI=1S/C14H18ClNO2/c15-10-6-7-12(13(16)9-10)14(17)5-1-3-11-4-2-8-18-11/h6-7,9,11H,1-5,8,16H2. The van der Waals surface area contributed by atoms with Crippen molar-refractivity contribution in [2.24, 2.45) is 0 Å². The maximum absolute atomic E-state index is 12.0. The second-order valence-electron chi connectivity index (χ2n) is 4.68. The zero-order valence-corrected chi connectivity index (χ0v) is 11.1. The highest BCUT2D eigenvalue weighted by Gasteiger charge is 2.16. The van der Waals surface area contributed by atoms with E-state index >= 15 is 0 Å². The molecule has 1 heterocycles. The highest BCUT2D eigenvalue weighted by Crippen LogP contribution is 2.22. The number of carbonyl (C=O) groups excluding carboxylic acids is 1. The third kappa shape index (κ3) is 3.47. The minimum atomic E-state index is 0.0853. The summed E-state index contributed by atoms with van der Waals surface area (Å²) >= 11 is 5.80. The van der Waals surface area contributed by atoms with E-state index in [2.05, 4.69) is 0 Å². The van der Waals surface area contributed by atoms with E-state index in [4.69, 9.17) is 22.1 Å². The Morgan fingerprint density at radius 1 is 1.50 bits per heavy atom. The van der Waals surface area contributed by atoms with Crippen LogP contribution in [0.25, 0.3) is 0 Å². The molecule has 1 aliphatic heterocycles. The Hall–Kier alpha value is -1.06. The first-order valence-corrected chi connectivity index (χ1v) is 6.74. The van der Waals surface area contributed by atoms with E-state index in [1.807, 2.05) is 0 Å². The molecule has 1 aromatic carbocycles. The lowest BCUT2D eigenvalue weighted by Gasteiger charge is -2.09. The summed E-state index contributed by atoms with van der Waals surface area (Å²) in [6, 6.07) is 5.02. The third-order valence-electron chi connectivity index (χ3n) is 3.27. The van der Waals surface area contributed by atoms with E-state index < -0.39 is 0 Å². The number of rotatable bonds is 5. The number of nitrogens with two attached hydrogens (primary N) is 1. The fourth-order valence-corrected chi connectivity index (χ4v) is 2.47. The van der Waals surface area contributed by atoms with Gasteiger partial charge in [0.25, 0.3) is 0 Å². The molecule has 98 valence electrons. The molecule has 0 aromatic heterocycles. The first-order chi connectivity index (χ1) is 8.66. The minimum Gasteiger partial charge on any atom is -0.398 e. The molecular weight excluding hydrogens is 250 g/mol. The van der Waals surface area contributed by atoms with Gasteiger partial charge >= 0.3 is 0 Å². The van der Waals surface area contributed by atoms with E-state index in [0.29, 0.717) is 28.8 Å². The number of anilines is 1. The second-order valence-corrected chi connectivity index (χ2v) is 5.12. The van der Waals surface area contributed by atoms with E-state index in [9.17, 15) is 4.79 Å². The van der Waals surface area contributed by atoms with Gasteiger partial charge in [-0.3, -0.25) is 4.79 Å². The lowest BCUT2D eigenvalue weighted by Crippen LogP contribution is -2.08. The van der Waals surface area contributed by atoms with Crippen LogP contribution in [0.3, 0.4) is 0 Å². The van der Waals surface area contributed by atoms with Crippen LogP contribution in [0.4, 0.5) is 5.69 Å². The molecule has 0 amide bonds. The molecule has 4 heteroatoms. The number of benzene rings is 1. The Labute approximate surface area is 112 Å². The van der Waals surface area contributed by atoms with E-state index in [-0.39, 0.29) is 5.78 Å². The maximum atomic E-state index is 12.0. The fourth-order valence-electron chi connectivity index (χ4n) is 2.28. The van der Waals surface area contributed by atoms with Gasteiger partial charge in [0.05, 0.1) is 6.10 Å². The minimum absolute atomic E-state index is 0.0853. The van der Waals surface area contributed by atoms with E-state index in [1.54, 1.807) is 18.2 Å². The Bertz CT molecular complexity index is 428. The molecule has 1 unspecified atom stereocenters. The summed E-state index contributed by atoms with van der Waals surface area (Å²) in [6.45, 7) is 0.864. The largest absolute Gasteiger partial charge is 0.398 e. The highest BCUT2D eigenvalue weighted by atomic mass is 35.5. The molecule has 0 saturated carbocycles. The highest BCUT2D eigenvalue weighted by molar-refractivity contribution is 6.31. The summed E-state index contributed by atoms with van der Waals surface area (Å²) in [6.07, 6.45) is 4.94. The molecule has 1 aliphatic rings. The van der Waals surface area contributed by atoms with E-state index in [1.165, 1.54) is 0 Å². The predicted octanol–water partition coefficient (Wildman–Crippen LogP) is 3.45. The maximum Gasteiger partial charge on any atom is 0.164 e. The quantitative estimate of drug-likeness (QED) is 0.657. The molecule has 1 atom stereocenters.